The smallest absolute Gasteiger partial charge is 0.234 e. The van der Waals surface area contributed by atoms with Gasteiger partial charge in [-0.3, -0.25) is 4.57 Å². The summed E-state index contributed by atoms with van der Waals surface area (Å²) in [5.74, 6) is 0.669. The van der Waals surface area contributed by atoms with Crippen molar-refractivity contribution in [2.45, 2.75) is 0 Å². The highest BCUT2D eigenvalue weighted by Gasteiger charge is 2.21. The Bertz CT molecular complexity index is 5070. The van der Waals surface area contributed by atoms with Crippen LogP contribution in [0.3, 0.4) is 0 Å². The van der Waals surface area contributed by atoms with Crippen molar-refractivity contribution in [2.24, 2.45) is 0 Å². The summed E-state index contributed by atoms with van der Waals surface area (Å²) in [5.41, 5.74) is 19.9. The first-order valence-electron chi connectivity index (χ1n) is 27.9. The molecule has 0 saturated heterocycles. The van der Waals surface area contributed by atoms with Gasteiger partial charge in [-0.1, -0.05) is 206 Å². The Balaban J connectivity index is 0.000000136. The molecule has 12 aromatic carbocycles. The van der Waals surface area contributed by atoms with Crippen LogP contribution in [0.15, 0.2) is 304 Å². The van der Waals surface area contributed by atoms with Gasteiger partial charge in [-0.05, 0) is 113 Å². The fourth-order valence-electron chi connectivity index (χ4n) is 12.6. The Morgan fingerprint density at radius 3 is 0.854 bits per heavy atom. The summed E-state index contributed by atoms with van der Waals surface area (Å²) in [6.45, 7) is 0. The van der Waals surface area contributed by atoms with E-state index >= 15 is 0 Å². The molecule has 0 atom stereocenters. The van der Waals surface area contributed by atoms with E-state index in [0.29, 0.717) is 5.95 Å². The number of hydrogen-bond acceptors (Lipinski definition) is 2. The number of rotatable bonds is 7. The van der Waals surface area contributed by atoms with Crippen molar-refractivity contribution in [2.75, 3.05) is 0 Å². The summed E-state index contributed by atoms with van der Waals surface area (Å²) in [6.07, 6.45) is 3.83. The molecule has 0 fully saturated rings. The van der Waals surface area contributed by atoms with Crippen LogP contribution in [0.25, 0.3) is 144 Å². The van der Waals surface area contributed by atoms with Crippen molar-refractivity contribution in [1.29, 1.82) is 0 Å². The molecule has 5 aromatic heterocycles. The lowest BCUT2D eigenvalue weighted by Gasteiger charge is -2.11. The van der Waals surface area contributed by atoms with Crippen molar-refractivity contribution in [1.82, 2.24) is 28.2 Å². The summed E-state index contributed by atoms with van der Waals surface area (Å²) >= 11 is 0. The van der Waals surface area contributed by atoms with Gasteiger partial charge >= 0.3 is 0 Å². The molecule has 384 valence electrons. The first-order chi connectivity index (χ1) is 40.7. The lowest BCUT2D eigenvalue weighted by atomic mass is 10.1. The molecule has 5 heterocycles. The van der Waals surface area contributed by atoms with Gasteiger partial charge < -0.3 is 13.7 Å². The molecule has 0 aliphatic carbocycles. The van der Waals surface area contributed by atoms with Crippen molar-refractivity contribution in [3.8, 4) is 56.4 Å². The van der Waals surface area contributed by atoms with E-state index in [4.69, 9.17) is 9.97 Å². The van der Waals surface area contributed by atoms with E-state index in [0.717, 1.165) is 39.2 Å². The molecule has 0 saturated carbocycles. The summed E-state index contributed by atoms with van der Waals surface area (Å²) in [6, 6.07) is 104. The van der Waals surface area contributed by atoms with E-state index in [1.165, 1.54) is 98.4 Å². The summed E-state index contributed by atoms with van der Waals surface area (Å²) in [4.78, 5) is 9.68. The van der Waals surface area contributed by atoms with E-state index in [2.05, 4.69) is 291 Å². The molecule has 82 heavy (non-hydrogen) atoms. The highest BCUT2D eigenvalue weighted by atomic mass is 15.2. The number of aromatic nitrogens is 6. The molecule has 0 aliphatic rings. The molecule has 6 nitrogen and oxygen atoms in total. The molecule has 0 aliphatic heterocycles. The summed E-state index contributed by atoms with van der Waals surface area (Å²) in [5, 5.41) is 9.82. The van der Waals surface area contributed by atoms with Gasteiger partial charge in [0.1, 0.15) is 0 Å². The minimum atomic E-state index is 0.669. The number of fused-ring (bicyclic) bond motifs is 12. The molecule has 0 radical (unpaired) electrons. The van der Waals surface area contributed by atoms with Gasteiger partial charge in [0.15, 0.2) is 0 Å². The van der Waals surface area contributed by atoms with E-state index in [9.17, 15) is 0 Å². The van der Waals surface area contributed by atoms with Gasteiger partial charge in [-0.25, -0.2) is 9.97 Å². The number of benzene rings is 12. The number of nitrogens with zero attached hydrogens (tertiary/aromatic N) is 6. The molecule has 0 amide bonds. The number of hydrogen-bond donors (Lipinski definition) is 0. The Hall–Kier alpha value is -11.1. The average molecular weight is 1050 g/mol. The minimum absolute atomic E-state index is 0.669. The van der Waals surface area contributed by atoms with E-state index < -0.39 is 0 Å². The van der Waals surface area contributed by atoms with Crippen LogP contribution in [0.5, 0.6) is 0 Å². The molecule has 6 heteroatoms. The van der Waals surface area contributed by atoms with Crippen LogP contribution >= 0.6 is 0 Å². The molecule has 0 spiro atoms. The zero-order chi connectivity index (χ0) is 54.1. The van der Waals surface area contributed by atoms with Gasteiger partial charge in [0.2, 0.25) is 5.95 Å². The monoisotopic (exact) mass is 1050 g/mol. The Labute approximate surface area is 472 Å². The molecule has 0 N–H and O–H groups in total. The lowest BCUT2D eigenvalue weighted by Crippen LogP contribution is -2.00. The van der Waals surface area contributed by atoms with Crippen LogP contribution in [0.4, 0.5) is 0 Å². The van der Waals surface area contributed by atoms with Crippen LogP contribution in [-0.2, 0) is 0 Å². The second-order valence-electron chi connectivity index (χ2n) is 21.0. The normalized spacial score (nSPS) is 11.7. The SMILES string of the molecule is c1ccc(-c2cccc(-n3c4ccccc4c4cc5c(cc43)c3ccccc3n5-c3cccc(-c4ccccc4)c3)c2)cc1.c1ccc(-c2cnc(-n3c4ccccc4c4cc5c(cc43)c3ccccc3n5-c3ccccc3)nc2)cc1. The van der Waals surface area contributed by atoms with Crippen LogP contribution in [0.1, 0.15) is 0 Å². The summed E-state index contributed by atoms with van der Waals surface area (Å²) < 4.78 is 9.41. The Morgan fingerprint density at radius 2 is 0.463 bits per heavy atom. The van der Waals surface area contributed by atoms with Crippen LogP contribution in [0, 0.1) is 0 Å². The minimum Gasteiger partial charge on any atom is -0.309 e. The van der Waals surface area contributed by atoms with Crippen LogP contribution < -0.4 is 0 Å². The quantitative estimate of drug-likeness (QED) is 0.160. The number of para-hydroxylation sites is 5. The van der Waals surface area contributed by atoms with Crippen LogP contribution in [-0.4, -0.2) is 28.2 Å². The molecule has 17 rings (SSSR count). The third-order valence-electron chi connectivity index (χ3n) is 16.3. The van der Waals surface area contributed by atoms with Crippen LogP contribution in [0.2, 0.25) is 0 Å². The predicted molar refractivity (Wildman–Crippen MR) is 342 cm³/mol. The topological polar surface area (TPSA) is 45.5 Å². The molecular formula is C76H50N6. The molecule has 0 unspecified atom stereocenters. The fraction of sp³-hybridized carbons (Fsp3) is 0. The lowest BCUT2D eigenvalue weighted by molar-refractivity contribution is 0.990. The van der Waals surface area contributed by atoms with Crippen molar-refractivity contribution >= 4 is 87.2 Å². The van der Waals surface area contributed by atoms with Crippen molar-refractivity contribution < 1.29 is 0 Å². The van der Waals surface area contributed by atoms with Gasteiger partial charge in [-0.15, -0.1) is 0 Å². The van der Waals surface area contributed by atoms with Gasteiger partial charge in [0, 0.05) is 78.1 Å². The highest BCUT2D eigenvalue weighted by Crippen LogP contribution is 2.42. The van der Waals surface area contributed by atoms with Crippen molar-refractivity contribution in [3.63, 3.8) is 0 Å². The molecule has 0 bridgehead atoms. The first kappa shape index (κ1) is 47.0. The first-order valence-corrected chi connectivity index (χ1v) is 27.9. The highest BCUT2D eigenvalue weighted by molar-refractivity contribution is 6.20. The van der Waals surface area contributed by atoms with E-state index in [1.807, 2.05) is 30.6 Å². The third kappa shape index (κ3) is 7.72. The van der Waals surface area contributed by atoms with Gasteiger partial charge in [-0.2, -0.15) is 0 Å². The van der Waals surface area contributed by atoms with E-state index in [-0.39, 0.29) is 0 Å². The molecule has 17 aromatic rings. The van der Waals surface area contributed by atoms with Gasteiger partial charge in [0.05, 0.1) is 44.1 Å². The zero-order valence-electron chi connectivity index (χ0n) is 44.6. The largest absolute Gasteiger partial charge is 0.309 e. The maximum Gasteiger partial charge on any atom is 0.234 e. The van der Waals surface area contributed by atoms with Crippen molar-refractivity contribution in [3.05, 3.63) is 304 Å². The average Bonchev–Trinajstić information content (AvgIpc) is 4.48. The Morgan fingerprint density at radius 1 is 0.183 bits per heavy atom. The maximum absolute atomic E-state index is 4.84. The zero-order valence-corrected chi connectivity index (χ0v) is 44.6. The second-order valence-corrected chi connectivity index (χ2v) is 21.0. The van der Waals surface area contributed by atoms with Gasteiger partial charge in [0.25, 0.3) is 0 Å². The standard InChI is InChI=1S/C42H28N2.C34H22N4/c1-3-13-29(14-4-1)31-17-11-19-33(25-31)43-39-23-9-7-21-35(39)37-28-42-38(27-41(37)43)36-22-8-10-24-40(36)44(42)34-20-12-18-32(26-34)30-15-5-2-6-16-30;1-3-11-23(12-4-1)24-21-35-34(36-22-24)38-31-18-10-8-16-27(31)29-19-32-28(20-33(29)38)26-15-7-9-17-30(26)37(32)25-13-5-2-6-14-25/h1-28H;1-22H. The Kier molecular flexibility index (Phi) is 11.1. The predicted octanol–water partition coefficient (Wildman–Crippen LogP) is 19.6. The fourth-order valence-corrected chi connectivity index (χ4v) is 12.6. The second kappa shape index (κ2) is 19.4. The molecular weight excluding hydrogens is 997 g/mol. The summed E-state index contributed by atoms with van der Waals surface area (Å²) in [7, 11) is 0. The third-order valence-corrected chi connectivity index (χ3v) is 16.3. The maximum atomic E-state index is 4.84. The van der Waals surface area contributed by atoms with E-state index in [1.54, 1.807) is 0 Å².